The fourth-order valence-corrected chi connectivity index (χ4v) is 2.90. The van der Waals surface area contributed by atoms with Crippen LogP contribution in [0.2, 0.25) is 0 Å². The zero-order valence-electron chi connectivity index (χ0n) is 16.6. The average Bonchev–Trinajstić information content (AvgIpc) is 3.14. The molecule has 8 heteroatoms. The third kappa shape index (κ3) is 4.85. The Labute approximate surface area is 169 Å². The molecule has 0 aliphatic rings. The maximum Gasteiger partial charge on any atom is 0.326 e. The number of nitrogens with zero attached hydrogens (tertiary/aromatic N) is 2. The molecule has 0 atom stereocenters. The molecule has 8 nitrogen and oxygen atoms in total. The number of urea groups is 1. The Kier molecular flexibility index (Phi) is 6.70. The smallest absolute Gasteiger partial charge is 0.326 e. The highest BCUT2D eigenvalue weighted by molar-refractivity contribution is 5.99. The topological polar surface area (TPSA) is 86.6 Å². The summed E-state index contributed by atoms with van der Waals surface area (Å²) in [6.45, 7) is 0.990. The summed E-state index contributed by atoms with van der Waals surface area (Å²) in [7, 11) is 4.80. The quantitative estimate of drug-likeness (QED) is 0.604. The summed E-state index contributed by atoms with van der Waals surface area (Å²) in [5.41, 5.74) is 2.33. The summed E-state index contributed by atoms with van der Waals surface area (Å²) in [6, 6.07) is 14.4. The number of aromatic nitrogens is 2. The van der Waals surface area contributed by atoms with Gasteiger partial charge in [0.05, 0.1) is 38.4 Å². The second-order valence-electron chi connectivity index (χ2n) is 6.12. The molecule has 29 heavy (non-hydrogen) atoms. The van der Waals surface area contributed by atoms with Gasteiger partial charge in [-0.25, -0.2) is 9.78 Å². The number of carbonyl (C=O) groups is 1. The summed E-state index contributed by atoms with van der Waals surface area (Å²) in [5, 5.41) is 5.58. The number of amides is 2. The first-order chi connectivity index (χ1) is 14.2. The predicted molar refractivity (Wildman–Crippen MR) is 112 cm³/mol. The van der Waals surface area contributed by atoms with Gasteiger partial charge in [-0.05, 0) is 24.3 Å². The molecule has 2 amide bonds. The molecular weight excluding hydrogens is 372 g/mol. The lowest BCUT2D eigenvalue weighted by molar-refractivity contribution is 0.188. The van der Waals surface area contributed by atoms with Crippen LogP contribution < -0.4 is 20.1 Å². The van der Waals surface area contributed by atoms with E-state index in [4.69, 9.17) is 14.2 Å². The average molecular weight is 396 g/mol. The van der Waals surface area contributed by atoms with Gasteiger partial charge in [-0.2, -0.15) is 0 Å². The van der Waals surface area contributed by atoms with E-state index in [0.717, 1.165) is 17.0 Å². The second-order valence-corrected chi connectivity index (χ2v) is 6.12. The molecule has 0 fully saturated rings. The van der Waals surface area contributed by atoms with Gasteiger partial charge in [-0.1, -0.05) is 24.3 Å². The van der Waals surface area contributed by atoms with E-state index in [0.29, 0.717) is 30.5 Å². The zero-order chi connectivity index (χ0) is 20.6. The molecule has 0 aliphatic carbocycles. The normalized spacial score (nSPS) is 10.4. The molecule has 0 aliphatic heterocycles. The molecule has 3 rings (SSSR count). The van der Waals surface area contributed by atoms with Crippen LogP contribution in [0.1, 0.15) is 0 Å². The van der Waals surface area contributed by atoms with Gasteiger partial charge < -0.3 is 24.1 Å². The Morgan fingerprint density at radius 2 is 1.86 bits per heavy atom. The highest BCUT2D eigenvalue weighted by Gasteiger charge is 2.15. The van der Waals surface area contributed by atoms with E-state index in [-0.39, 0.29) is 0 Å². The SMILES string of the molecule is COCCn1c(-c2cccc(OC)c2)cnc1NC(=O)Nc1ccccc1OC. The van der Waals surface area contributed by atoms with E-state index in [2.05, 4.69) is 15.6 Å². The minimum Gasteiger partial charge on any atom is -0.497 e. The van der Waals surface area contributed by atoms with E-state index in [1.54, 1.807) is 39.7 Å². The van der Waals surface area contributed by atoms with E-state index in [1.807, 2.05) is 41.0 Å². The zero-order valence-corrected chi connectivity index (χ0v) is 16.6. The van der Waals surface area contributed by atoms with Crippen LogP contribution >= 0.6 is 0 Å². The molecular formula is C21H24N4O4. The number of benzene rings is 2. The Hall–Kier alpha value is -3.52. The first-order valence-corrected chi connectivity index (χ1v) is 9.06. The first kappa shape index (κ1) is 20.2. The van der Waals surface area contributed by atoms with E-state index in [9.17, 15) is 4.79 Å². The van der Waals surface area contributed by atoms with E-state index >= 15 is 0 Å². The molecule has 152 valence electrons. The number of hydrogen-bond acceptors (Lipinski definition) is 5. The van der Waals surface area contributed by atoms with Crippen LogP contribution in [0.15, 0.2) is 54.7 Å². The number of para-hydroxylation sites is 2. The van der Waals surface area contributed by atoms with Gasteiger partial charge in [0, 0.05) is 19.2 Å². The number of carbonyl (C=O) groups excluding carboxylic acids is 1. The van der Waals surface area contributed by atoms with Gasteiger partial charge in [0.15, 0.2) is 0 Å². The molecule has 0 saturated carbocycles. The molecule has 0 radical (unpaired) electrons. The van der Waals surface area contributed by atoms with Crippen LogP contribution in [0.3, 0.4) is 0 Å². The molecule has 0 unspecified atom stereocenters. The van der Waals surface area contributed by atoms with E-state index < -0.39 is 6.03 Å². The maximum absolute atomic E-state index is 12.5. The highest BCUT2D eigenvalue weighted by atomic mass is 16.5. The van der Waals surface area contributed by atoms with Gasteiger partial charge in [0.2, 0.25) is 5.95 Å². The van der Waals surface area contributed by atoms with Crippen molar-refractivity contribution in [3.63, 3.8) is 0 Å². The molecule has 2 N–H and O–H groups in total. The van der Waals surface area contributed by atoms with Crippen LogP contribution in [0.25, 0.3) is 11.3 Å². The molecule has 0 saturated heterocycles. The Bertz CT molecular complexity index is 971. The first-order valence-electron chi connectivity index (χ1n) is 9.06. The summed E-state index contributed by atoms with van der Waals surface area (Å²) < 4.78 is 17.7. The number of anilines is 2. The third-order valence-electron chi connectivity index (χ3n) is 4.32. The minimum absolute atomic E-state index is 0.410. The van der Waals surface area contributed by atoms with Crippen molar-refractivity contribution < 1.29 is 19.0 Å². The van der Waals surface area contributed by atoms with Gasteiger partial charge >= 0.3 is 6.03 Å². The van der Waals surface area contributed by atoms with Gasteiger partial charge in [-0.3, -0.25) is 5.32 Å². The molecule has 1 heterocycles. The van der Waals surface area contributed by atoms with E-state index in [1.165, 1.54) is 0 Å². The van der Waals surface area contributed by atoms with Gasteiger partial charge in [-0.15, -0.1) is 0 Å². The van der Waals surface area contributed by atoms with Crippen LogP contribution in [-0.4, -0.2) is 43.5 Å². The molecule has 0 spiro atoms. The summed E-state index contributed by atoms with van der Waals surface area (Å²) in [5.74, 6) is 1.72. The number of rotatable bonds is 8. The van der Waals surface area contributed by atoms with Crippen molar-refractivity contribution in [2.75, 3.05) is 38.6 Å². The summed E-state index contributed by atoms with van der Waals surface area (Å²) >= 11 is 0. The van der Waals surface area contributed by atoms with Crippen molar-refractivity contribution in [1.82, 2.24) is 9.55 Å². The van der Waals surface area contributed by atoms with Crippen molar-refractivity contribution in [2.24, 2.45) is 0 Å². The highest BCUT2D eigenvalue weighted by Crippen LogP contribution is 2.27. The Balaban J connectivity index is 1.84. The summed E-state index contributed by atoms with van der Waals surface area (Å²) in [4.78, 5) is 16.9. The van der Waals surface area contributed by atoms with Crippen molar-refractivity contribution in [3.8, 4) is 22.8 Å². The number of hydrogen-bond donors (Lipinski definition) is 2. The second kappa shape index (κ2) is 9.61. The molecule has 1 aromatic heterocycles. The molecule has 2 aromatic carbocycles. The third-order valence-corrected chi connectivity index (χ3v) is 4.32. The maximum atomic E-state index is 12.5. The van der Waals surface area contributed by atoms with Gasteiger partial charge in [0.1, 0.15) is 11.5 Å². The summed E-state index contributed by atoms with van der Waals surface area (Å²) in [6.07, 6.45) is 1.71. The number of ether oxygens (including phenoxy) is 3. The van der Waals surface area contributed by atoms with Crippen molar-refractivity contribution >= 4 is 17.7 Å². The van der Waals surface area contributed by atoms with Gasteiger partial charge in [0.25, 0.3) is 0 Å². The standard InChI is InChI=1S/C21H24N4O4/c1-27-12-11-25-18(15-7-6-8-16(13-15)28-2)14-22-20(25)24-21(26)23-17-9-4-5-10-19(17)29-3/h4-10,13-14H,11-12H2,1-3H3,(H2,22,23,24,26). The Morgan fingerprint density at radius 3 is 2.62 bits per heavy atom. The lowest BCUT2D eigenvalue weighted by atomic mass is 10.1. The predicted octanol–water partition coefficient (Wildman–Crippen LogP) is 3.86. The number of nitrogens with one attached hydrogen (secondary N) is 2. The van der Waals surface area contributed by atoms with Crippen molar-refractivity contribution in [3.05, 3.63) is 54.7 Å². The van der Waals surface area contributed by atoms with Crippen LogP contribution in [0, 0.1) is 0 Å². The fourth-order valence-electron chi connectivity index (χ4n) is 2.90. The largest absolute Gasteiger partial charge is 0.497 e. The molecule has 0 bridgehead atoms. The van der Waals surface area contributed by atoms with Crippen LogP contribution in [0.4, 0.5) is 16.4 Å². The molecule has 3 aromatic rings. The van der Waals surface area contributed by atoms with Crippen LogP contribution in [-0.2, 0) is 11.3 Å². The Morgan fingerprint density at radius 1 is 1.03 bits per heavy atom. The van der Waals surface area contributed by atoms with Crippen molar-refractivity contribution in [1.29, 1.82) is 0 Å². The lowest BCUT2D eigenvalue weighted by Crippen LogP contribution is -2.23. The van der Waals surface area contributed by atoms with Crippen molar-refractivity contribution in [2.45, 2.75) is 6.54 Å². The number of methoxy groups -OCH3 is 3. The lowest BCUT2D eigenvalue weighted by Gasteiger charge is -2.14. The monoisotopic (exact) mass is 396 g/mol. The van der Waals surface area contributed by atoms with Crippen LogP contribution in [0.5, 0.6) is 11.5 Å². The minimum atomic E-state index is -0.420. The number of imidazole rings is 1. The fraction of sp³-hybridized carbons (Fsp3) is 0.238.